The summed E-state index contributed by atoms with van der Waals surface area (Å²) in [6.07, 6.45) is -15.3. The number of aliphatic hydroxyl groups is 8. The van der Waals surface area contributed by atoms with Crippen LogP contribution in [-0.4, -0.2) is 115 Å². The van der Waals surface area contributed by atoms with E-state index in [0.29, 0.717) is 0 Å². The van der Waals surface area contributed by atoms with E-state index in [2.05, 4.69) is 0 Å². The van der Waals surface area contributed by atoms with Crippen LogP contribution in [0.25, 0.3) is 21.9 Å². The molecule has 0 saturated carbocycles. The number of hydrogen-bond acceptors (Lipinski definition) is 15. The third-order valence-electron chi connectivity index (χ3n) is 6.57. The molecule has 0 bridgehead atoms. The highest BCUT2D eigenvalue weighted by Crippen LogP contribution is 2.46. The van der Waals surface area contributed by atoms with Crippen LogP contribution in [0.4, 0.5) is 0 Å². The van der Waals surface area contributed by atoms with Crippen LogP contribution in [0.2, 0.25) is 0 Å². The lowest BCUT2D eigenvalue weighted by Crippen LogP contribution is -2.60. The molecule has 15 nitrogen and oxygen atoms in total. The van der Waals surface area contributed by atoms with Crippen LogP contribution in [0.3, 0.4) is 0 Å². The van der Waals surface area contributed by atoms with Gasteiger partial charge in [0.1, 0.15) is 48.8 Å². The van der Waals surface area contributed by atoms with Crippen molar-refractivity contribution in [2.75, 3.05) is 13.2 Å². The van der Waals surface area contributed by atoms with Gasteiger partial charge in [0.15, 0.2) is 16.9 Å². The Morgan fingerprint density at radius 3 is 1.76 bits per heavy atom. The maximum absolute atomic E-state index is 12.0. The number of rotatable bonds is 6. The highest BCUT2D eigenvalue weighted by molar-refractivity contribution is 6.08. The topological polar surface area (TPSA) is 242 Å². The Labute approximate surface area is 212 Å². The van der Waals surface area contributed by atoms with Crippen molar-refractivity contribution in [2.45, 2.75) is 61.4 Å². The van der Waals surface area contributed by atoms with Crippen LogP contribution in [-0.2, 0) is 9.47 Å². The maximum Gasteiger partial charge on any atom is 0.336 e. The van der Waals surface area contributed by atoms with Crippen LogP contribution in [0.15, 0.2) is 38.1 Å². The van der Waals surface area contributed by atoms with E-state index in [9.17, 15) is 45.6 Å². The van der Waals surface area contributed by atoms with Crippen molar-refractivity contribution in [1.29, 1.82) is 0 Å². The molecule has 0 radical (unpaired) electrons. The average Bonchev–Trinajstić information content (AvgIpc) is 3.40. The van der Waals surface area contributed by atoms with E-state index >= 15 is 0 Å². The first-order valence-electron chi connectivity index (χ1n) is 11.6. The molecular weight excluding hydrogens is 516 g/mol. The molecule has 3 aromatic rings. The second-order valence-corrected chi connectivity index (χ2v) is 8.95. The van der Waals surface area contributed by atoms with E-state index in [0.717, 1.165) is 6.07 Å². The van der Waals surface area contributed by atoms with Gasteiger partial charge in [-0.3, -0.25) is 0 Å². The Morgan fingerprint density at radius 1 is 0.658 bits per heavy atom. The van der Waals surface area contributed by atoms with E-state index in [4.69, 9.17) is 27.8 Å². The van der Waals surface area contributed by atoms with Gasteiger partial charge in [-0.2, -0.15) is 0 Å². The predicted octanol–water partition coefficient (Wildman–Crippen LogP) is -3.10. The van der Waals surface area contributed by atoms with E-state index in [1.54, 1.807) is 0 Å². The Balaban J connectivity index is 1.63. The molecule has 2 fully saturated rings. The quantitative estimate of drug-likeness (QED) is 0.144. The summed E-state index contributed by atoms with van der Waals surface area (Å²) in [4.78, 5) is 12.0. The Kier molecular flexibility index (Phi) is 7.31. The van der Waals surface area contributed by atoms with Crippen molar-refractivity contribution in [3.63, 3.8) is 0 Å². The molecule has 208 valence electrons. The van der Waals surface area contributed by atoms with Gasteiger partial charge >= 0.3 is 5.63 Å². The fourth-order valence-electron chi connectivity index (χ4n) is 4.47. The first-order valence-corrected chi connectivity index (χ1v) is 11.6. The van der Waals surface area contributed by atoms with Gasteiger partial charge in [-0.05, 0) is 12.1 Å². The van der Waals surface area contributed by atoms with E-state index in [-0.39, 0.29) is 33.4 Å². The van der Waals surface area contributed by atoms with Crippen LogP contribution < -0.4 is 15.1 Å². The van der Waals surface area contributed by atoms with Gasteiger partial charge in [0, 0.05) is 6.07 Å². The van der Waals surface area contributed by atoms with Crippen molar-refractivity contribution < 1.29 is 68.6 Å². The summed E-state index contributed by atoms with van der Waals surface area (Å²) >= 11 is 0. The fourth-order valence-corrected chi connectivity index (χ4v) is 4.47. The van der Waals surface area contributed by atoms with Crippen LogP contribution in [0, 0.1) is 0 Å². The SMILES string of the molecule is O=c1ccc2c(OC3OC(CO)C(O)C(O)C3O)c(OC3OC(CO)C(O)C(O)C3O)c3occc3c2o1. The Morgan fingerprint density at radius 2 is 1.21 bits per heavy atom. The van der Waals surface area contributed by atoms with Gasteiger partial charge in [-0.1, -0.05) is 0 Å². The fraction of sp³-hybridized carbons (Fsp3) is 0.522. The second-order valence-electron chi connectivity index (χ2n) is 8.95. The summed E-state index contributed by atoms with van der Waals surface area (Å²) in [5.74, 6) is -0.597. The first-order chi connectivity index (χ1) is 18.2. The van der Waals surface area contributed by atoms with E-state index in [1.165, 1.54) is 18.4 Å². The minimum absolute atomic E-state index is 0.0259. The predicted molar refractivity (Wildman–Crippen MR) is 121 cm³/mol. The zero-order valence-electron chi connectivity index (χ0n) is 19.4. The molecule has 2 aliphatic rings. The average molecular weight is 542 g/mol. The highest BCUT2D eigenvalue weighted by atomic mass is 16.7. The Bertz CT molecular complexity index is 1330. The standard InChI is InChI=1S/C23H26O15/c24-5-9-12(27)14(29)16(31)22(34-9)37-20-7-1-2-11(26)36-18(7)8-3-4-33-19(8)21(20)38-23-17(32)15(30)13(28)10(6-25)35-23/h1-4,9-10,12-17,22-25,27-32H,5-6H2. The van der Waals surface area contributed by atoms with Gasteiger partial charge in [0.05, 0.1) is 30.2 Å². The molecule has 0 spiro atoms. The molecule has 5 rings (SSSR count). The number of furan rings is 1. The van der Waals surface area contributed by atoms with Crippen LogP contribution in [0.1, 0.15) is 0 Å². The molecule has 4 heterocycles. The van der Waals surface area contributed by atoms with Crippen LogP contribution >= 0.6 is 0 Å². The molecule has 10 atom stereocenters. The number of benzene rings is 1. The second kappa shape index (κ2) is 10.4. The summed E-state index contributed by atoms with van der Waals surface area (Å²) in [5, 5.41) is 81.0. The number of hydrogen-bond donors (Lipinski definition) is 8. The molecule has 1 aromatic carbocycles. The third kappa shape index (κ3) is 4.42. The zero-order valence-corrected chi connectivity index (χ0v) is 19.4. The normalized spacial score (nSPS) is 36.0. The van der Waals surface area contributed by atoms with E-state index < -0.39 is 80.3 Å². The van der Waals surface area contributed by atoms with Gasteiger partial charge in [0.25, 0.3) is 0 Å². The van der Waals surface area contributed by atoms with Crippen LogP contribution in [0.5, 0.6) is 11.5 Å². The summed E-state index contributed by atoms with van der Waals surface area (Å²) in [7, 11) is 0. The summed E-state index contributed by atoms with van der Waals surface area (Å²) in [6.45, 7) is -1.45. The van der Waals surface area contributed by atoms with Crippen molar-refractivity contribution in [3.8, 4) is 11.5 Å². The lowest BCUT2D eigenvalue weighted by molar-refractivity contribution is -0.282. The molecule has 8 N–H and O–H groups in total. The van der Waals surface area contributed by atoms with Crippen molar-refractivity contribution in [3.05, 3.63) is 34.9 Å². The number of aliphatic hydroxyl groups excluding tert-OH is 8. The van der Waals surface area contributed by atoms with Gasteiger partial charge in [0.2, 0.25) is 18.3 Å². The molecule has 2 saturated heterocycles. The molecule has 0 amide bonds. The molecule has 38 heavy (non-hydrogen) atoms. The lowest BCUT2D eigenvalue weighted by atomic mass is 9.99. The number of ether oxygens (including phenoxy) is 4. The minimum Gasteiger partial charge on any atom is -0.460 e. The van der Waals surface area contributed by atoms with Crippen molar-refractivity contribution >= 4 is 21.9 Å². The van der Waals surface area contributed by atoms with Gasteiger partial charge in [-0.25, -0.2) is 4.79 Å². The third-order valence-corrected chi connectivity index (χ3v) is 6.57. The molecule has 15 heteroatoms. The smallest absolute Gasteiger partial charge is 0.336 e. The summed E-state index contributed by atoms with van der Waals surface area (Å²) in [6, 6.07) is 3.80. The van der Waals surface area contributed by atoms with Gasteiger partial charge in [-0.15, -0.1) is 0 Å². The monoisotopic (exact) mass is 542 g/mol. The lowest BCUT2D eigenvalue weighted by Gasteiger charge is -2.41. The molecule has 2 aliphatic heterocycles. The van der Waals surface area contributed by atoms with E-state index in [1.807, 2.05) is 0 Å². The van der Waals surface area contributed by atoms with Crippen molar-refractivity contribution in [2.24, 2.45) is 0 Å². The number of fused-ring (bicyclic) bond motifs is 3. The zero-order chi connectivity index (χ0) is 27.3. The molecule has 0 aliphatic carbocycles. The Hall–Kier alpha value is -2.83. The molecule has 10 unspecified atom stereocenters. The van der Waals surface area contributed by atoms with Crippen molar-refractivity contribution in [1.82, 2.24) is 0 Å². The minimum atomic E-state index is -1.83. The largest absolute Gasteiger partial charge is 0.460 e. The summed E-state index contributed by atoms with van der Waals surface area (Å²) < 4.78 is 33.4. The first kappa shape index (κ1) is 26.8. The maximum atomic E-state index is 12.0. The van der Waals surface area contributed by atoms with Gasteiger partial charge < -0.3 is 68.6 Å². The molecule has 2 aromatic heterocycles. The highest BCUT2D eigenvalue weighted by Gasteiger charge is 2.47. The molecular formula is C23H26O15. The summed E-state index contributed by atoms with van der Waals surface area (Å²) in [5.41, 5.74) is -0.841.